The van der Waals surface area contributed by atoms with E-state index in [1.165, 1.54) is 6.08 Å². The second-order valence-electron chi connectivity index (χ2n) is 4.69. The van der Waals surface area contributed by atoms with E-state index in [0.29, 0.717) is 0 Å². The Kier molecular flexibility index (Phi) is 6.25. The average Bonchev–Trinajstić information content (AvgIpc) is 2.15. The van der Waals surface area contributed by atoms with Gasteiger partial charge in [0.2, 0.25) is 5.91 Å². The Morgan fingerprint density at radius 3 is 2.24 bits per heavy atom. The molecule has 4 heteroatoms. The lowest BCUT2D eigenvalue weighted by Crippen LogP contribution is -2.45. The second-order valence-corrected chi connectivity index (χ2v) is 4.69. The molecule has 0 aromatic rings. The number of carboxylic acids is 1. The third-order valence-electron chi connectivity index (χ3n) is 2.17. The SMILES string of the molecule is C/C=C/C=C/C(=O)N(CCC(=O)O)C(C)(C)C. The molecule has 0 spiro atoms. The molecule has 0 rings (SSSR count). The maximum atomic E-state index is 11.9. The van der Waals surface area contributed by atoms with Gasteiger partial charge in [-0.1, -0.05) is 18.2 Å². The molecule has 0 saturated heterocycles. The highest BCUT2D eigenvalue weighted by molar-refractivity contribution is 5.88. The van der Waals surface area contributed by atoms with E-state index in [1.807, 2.05) is 33.8 Å². The number of nitrogens with zero attached hydrogens (tertiary/aromatic N) is 1. The van der Waals surface area contributed by atoms with Crippen LogP contribution in [0, 0.1) is 0 Å². The number of allylic oxidation sites excluding steroid dienone is 3. The molecule has 0 aliphatic carbocycles. The predicted molar refractivity (Wildman–Crippen MR) is 67.7 cm³/mol. The third kappa shape index (κ3) is 6.56. The second kappa shape index (κ2) is 6.89. The van der Waals surface area contributed by atoms with Crippen molar-refractivity contribution in [2.75, 3.05) is 6.54 Å². The van der Waals surface area contributed by atoms with Crippen LogP contribution >= 0.6 is 0 Å². The molecule has 1 N–H and O–H groups in total. The van der Waals surface area contributed by atoms with Gasteiger partial charge in [0.25, 0.3) is 0 Å². The number of amides is 1. The molecule has 0 saturated carbocycles. The van der Waals surface area contributed by atoms with Crippen LogP contribution in [0.1, 0.15) is 34.1 Å². The van der Waals surface area contributed by atoms with E-state index in [0.717, 1.165) is 0 Å². The van der Waals surface area contributed by atoms with Crippen LogP contribution in [0.4, 0.5) is 0 Å². The first kappa shape index (κ1) is 15.4. The molecule has 0 bridgehead atoms. The highest BCUT2D eigenvalue weighted by atomic mass is 16.4. The Morgan fingerprint density at radius 1 is 1.24 bits per heavy atom. The third-order valence-corrected chi connectivity index (χ3v) is 2.17. The van der Waals surface area contributed by atoms with Crippen LogP contribution in [0.2, 0.25) is 0 Å². The van der Waals surface area contributed by atoms with Crippen LogP contribution in [0.15, 0.2) is 24.3 Å². The van der Waals surface area contributed by atoms with Crippen molar-refractivity contribution in [1.29, 1.82) is 0 Å². The zero-order valence-electron chi connectivity index (χ0n) is 10.9. The van der Waals surface area contributed by atoms with Crippen LogP contribution in [0.3, 0.4) is 0 Å². The molecular formula is C13H21NO3. The monoisotopic (exact) mass is 239 g/mol. The van der Waals surface area contributed by atoms with Gasteiger partial charge in [0.05, 0.1) is 6.42 Å². The van der Waals surface area contributed by atoms with Gasteiger partial charge < -0.3 is 10.0 Å². The summed E-state index contributed by atoms with van der Waals surface area (Å²) in [6.45, 7) is 7.74. The van der Waals surface area contributed by atoms with Gasteiger partial charge >= 0.3 is 5.97 Å². The van der Waals surface area contributed by atoms with Gasteiger partial charge in [0.1, 0.15) is 0 Å². The van der Waals surface area contributed by atoms with Crippen LogP contribution in [-0.4, -0.2) is 34.0 Å². The summed E-state index contributed by atoms with van der Waals surface area (Å²) in [5.41, 5.74) is -0.382. The van der Waals surface area contributed by atoms with E-state index in [1.54, 1.807) is 17.1 Å². The Morgan fingerprint density at radius 2 is 1.82 bits per heavy atom. The molecule has 0 radical (unpaired) electrons. The average molecular weight is 239 g/mol. The lowest BCUT2D eigenvalue weighted by Gasteiger charge is -2.34. The van der Waals surface area contributed by atoms with Crippen molar-refractivity contribution in [3.63, 3.8) is 0 Å². The fraction of sp³-hybridized carbons (Fsp3) is 0.538. The molecule has 17 heavy (non-hydrogen) atoms. The zero-order valence-corrected chi connectivity index (χ0v) is 10.9. The number of carbonyl (C=O) groups excluding carboxylic acids is 1. The number of hydrogen-bond donors (Lipinski definition) is 1. The Bertz CT molecular complexity index is 324. The van der Waals surface area contributed by atoms with Crippen LogP contribution in [0.25, 0.3) is 0 Å². The highest BCUT2D eigenvalue weighted by Crippen LogP contribution is 2.14. The molecule has 0 aliphatic heterocycles. The number of aliphatic carboxylic acids is 1. The normalized spacial score (nSPS) is 12.2. The number of hydrogen-bond acceptors (Lipinski definition) is 2. The van der Waals surface area contributed by atoms with Gasteiger partial charge in [-0.15, -0.1) is 0 Å². The van der Waals surface area contributed by atoms with Crippen LogP contribution in [0.5, 0.6) is 0 Å². The first-order chi connectivity index (χ1) is 7.79. The molecular weight excluding hydrogens is 218 g/mol. The van der Waals surface area contributed by atoms with Crippen LogP contribution < -0.4 is 0 Å². The largest absolute Gasteiger partial charge is 0.481 e. The van der Waals surface area contributed by atoms with E-state index in [4.69, 9.17) is 5.11 Å². The summed E-state index contributed by atoms with van der Waals surface area (Å²) in [7, 11) is 0. The number of carbonyl (C=O) groups is 2. The first-order valence-electron chi connectivity index (χ1n) is 5.61. The molecule has 0 aromatic carbocycles. The quantitative estimate of drug-likeness (QED) is 0.591. The zero-order chi connectivity index (χ0) is 13.5. The van der Waals surface area contributed by atoms with Crippen molar-refractivity contribution in [2.24, 2.45) is 0 Å². The van der Waals surface area contributed by atoms with Crippen LogP contribution in [-0.2, 0) is 9.59 Å². The van der Waals surface area contributed by atoms with Crippen molar-refractivity contribution in [3.8, 4) is 0 Å². The van der Waals surface area contributed by atoms with Gasteiger partial charge in [0, 0.05) is 18.2 Å². The topological polar surface area (TPSA) is 57.6 Å². The summed E-state index contributed by atoms with van der Waals surface area (Å²) in [5.74, 6) is -1.07. The Hall–Kier alpha value is -1.58. The predicted octanol–water partition coefficient (Wildman–Crippen LogP) is 2.22. The maximum absolute atomic E-state index is 11.9. The lowest BCUT2D eigenvalue weighted by atomic mass is 10.1. The maximum Gasteiger partial charge on any atom is 0.305 e. The molecule has 0 aliphatic rings. The Labute approximate surface area is 103 Å². The van der Waals surface area contributed by atoms with E-state index in [9.17, 15) is 9.59 Å². The Balaban J connectivity index is 4.69. The highest BCUT2D eigenvalue weighted by Gasteiger charge is 2.24. The fourth-order valence-corrected chi connectivity index (χ4v) is 1.32. The van der Waals surface area contributed by atoms with Gasteiger partial charge in [-0.2, -0.15) is 0 Å². The molecule has 96 valence electrons. The minimum atomic E-state index is -0.899. The van der Waals surface area contributed by atoms with Gasteiger partial charge in [-0.25, -0.2) is 0 Å². The van der Waals surface area contributed by atoms with Crippen molar-refractivity contribution in [2.45, 2.75) is 39.7 Å². The minimum absolute atomic E-state index is 0.0412. The summed E-state index contributed by atoms with van der Waals surface area (Å²) in [6, 6.07) is 0. The summed E-state index contributed by atoms with van der Waals surface area (Å²) in [4.78, 5) is 24.0. The van der Waals surface area contributed by atoms with E-state index in [-0.39, 0.29) is 24.4 Å². The van der Waals surface area contributed by atoms with Crippen molar-refractivity contribution in [1.82, 2.24) is 4.90 Å². The molecule has 1 amide bonds. The lowest BCUT2D eigenvalue weighted by molar-refractivity contribution is -0.139. The van der Waals surface area contributed by atoms with E-state index >= 15 is 0 Å². The molecule has 4 nitrogen and oxygen atoms in total. The van der Waals surface area contributed by atoms with Crippen molar-refractivity contribution in [3.05, 3.63) is 24.3 Å². The number of rotatable bonds is 5. The standard InChI is InChI=1S/C13H21NO3/c1-5-6-7-8-11(15)14(13(2,3)4)10-9-12(16)17/h5-8H,9-10H2,1-4H3,(H,16,17)/b6-5+,8-7+. The molecule has 0 unspecified atom stereocenters. The minimum Gasteiger partial charge on any atom is -0.481 e. The molecule has 0 atom stereocenters. The fourth-order valence-electron chi connectivity index (χ4n) is 1.32. The van der Waals surface area contributed by atoms with Crippen molar-refractivity contribution >= 4 is 11.9 Å². The van der Waals surface area contributed by atoms with Gasteiger partial charge in [-0.3, -0.25) is 9.59 Å². The molecule has 0 aromatic heterocycles. The smallest absolute Gasteiger partial charge is 0.305 e. The summed E-state index contributed by atoms with van der Waals surface area (Å²) in [6.07, 6.45) is 6.65. The first-order valence-corrected chi connectivity index (χ1v) is 5.61. The summed E-state index contributed by atoms with van der Waals surface area (Å²) < 4.78 is 0. The van der Waals surface area contributed by atoms with Gasteiger partial charge in [-0.05, 0) is 27.7 Å². The molecule has 0 fully saturated rings. The van der Waals surface area contributed by atoms with E-state index in [2.05, 4.69) is 0 Å². The number of carboxylic acid groups (broad SMARTS) is 1. The summed E-state index contributed by atoms with van der Waals surface area (Å²) in [5, 5.41) is 8.66. The van der Waals surface area contributed by atoms with E-state index < -0.39 is 5.97 Å². The van der Waals surface area contributed by atoms with Crippen molar-refractivity contribution < 1.29 is 14.7 Å². The molecule has 0 heterocycles. The van der Waals surface area contributed by atoms with Gasteiger partial charge in [0.15, 0.2) is 0 Å². The summed E-state index contributed by atoms with van der Waals surface area (Å²) >= 11 is 0.